The number of amides is 1. The van der Waals surface area contributed by atoms with E-state index in [1.165, 1.54) is 11.3 Å². The molecule has 3 aromatic rings. The third kappa shape index (κ3) is 1.97. The molecule has 1 aliphatic heterocycles. The second-order valence-corrected chi connectivity index (χ2v) is 6.21. The molecule has 0 spiro atoms. The first kappa shape index (κ1) is 12.9. The van der Waals surface area contributed by atoms with E-state index in [4.69, 9.17) is 23.2 Å². The van der Waals surface area contributed by atoms with Gasteiger partial charge in [-0.3, -0.25) is 9.20 Å². The molecule has 1 N–H and O–H groups in total. The monoisotopic (exact) mass is 335 g/mol. The molecule has 0 bridgehead atoms. The molecule has 21 heavy (non-hydrogen) atoms. The zero-order valence-corrected chi connectivity index (χ0v) is 12.8. The van der Waals surface area contributed by atoms with E-state index in [2.05, 4.69) is 10.3 Å². The number of rotatable bonds is 1. The molecule has 0 radical (unpaired) electrons. The number of thiazole rings is 1. The van der Waals surface area contributed by atoms with E-state index >= 15 is 0 Å². The molecule has 0 unspecified atom stereocenters. The molecule has 7 heteroatoms. The van der Waals surface area contributed by atoms with Crippen LogP contribution in [0.1, 0.15) is 11.3 Å². The molecule has 0 saturated heterocycles. The summed E-state index contributed by atoms with van der Waals surface area (Å²) < 4.78 is 1.86. The fraction of sp³-hybridized carbons (Fsp3) is 0. The fourth-order valence-corrected chi connectivity index (χ4v) is 3.52. The molecule has 2 aromatic heterocycles. The Morgan fingerprint density at radius 3 is 3.05 bits per heavy atom. The Balaban J connectivity index is 1.94. The number of imidazole rings is 1. The standard InChI is InChI=1S/C14H7Cl2N3OS/c15-7-1-2-10-8(5-7)9(13(20)17-10)6-11-12(16)18-14-19(11)3-4-21-14/h1-6H,(H,17,20). The summed E-state index contributed by atoms with van der Waals surface area (Å²) in [6.45, 7) is 0. The average Bonchev–Trinajstić information content (AvgIpc) is 3.07. The highest BCUT2D eigenvalue weighted by atomic mass is 35.5. The van der Waals surface area contributed by atoms with Gasteiger partial charge in [-0.1, -0.05) is 23.2 Å². The number of fused-ring (bicyclic) bond motifs is 2. The Kier molecular flexibility index (Phi) is 2.82. The van der Waals surface area contributed by atoms with Gasteiger partial charge in [-0.15, -0.1) is 11.3 Å². The van der Waals surface area contributed by atoms with Crippen LogP contribution in [0.3, 0.4) is 0 Å². The van der Waals surface area contributed by atoms with Crippen LogP contribution in [0.5, 0.6) is 0 Å². The van der Waals surface area contributed by atoms with Crippen molar-refractivity contribution in [3.8, 4) is 0 Å². The average molecular weight is 336 g/mol. The smallest absolute Gasteiger partial charge is 0.256 e. The van der Waals surface area contributed by atoms with Crippen LogP contribution >= 0.6 is 34.5 Å². The lowest BCUT2D eigenvalue weighted by Gasteiger charge is -1.99. The van der Waals surface area contributed by atoms with Crippen LogP contribution in [-0.2, 0) is 4.79 Å². The van der Waals surface area contributed by atoms with E-state index in [1.807, 2.05) is 16.0 Å². The van der Waals surface area contributed by atoms with E-state index in [9.17, 15) is 4.79 Å². The van der Waals surface area contributed by atoms with E-state index < -0.39 is 0 Å². The highest BCUT2D eigenvalue weighted by Crippen LogP contribution is 2.36. The number of benzene rings is 1. The second kappa shape index (κ2) is 4.59. The number of nitrogens with one attached hydrogen (secondary N) is 1. The number of aromatic nitrogens is 2. The maximum atomic E-state index is 12.2. The zero-order chi connectivity index (χ0) is 14.6. The molecule has 1 aliphatic rings. The molecule has 1 aromatic carbocycles. The van der Waals surface area contributed by atoms with Gasteiger partial charge in [-0.25, -0.2) is 4.98 Å². The van der Waals surface area contributed by atoms with Crippen molar-refractivity contribution in [2.75, 3.05) is 5.32 Å². The molecule has 4 rings (SSSR count). The summed E-state index contributed by atoms with van der Waals surface area (Å²) >= 11 is 13.7. The molecule has 0 saturated carbocycles. The quantitative estimate of drug-likeness (QED) is 0.677. The van der Waals surface area contributed by atoms with Crippen LogP contribution in [0.15, 0.2) is 29.8 Å². The highest BCUT2D eigenvalue weighted by molar-refractivity contribution is 7.15. The van der Waals surface area contributed by atoms with Gasteiger partial charge in [0.2, 0.25) is 0 Å². The number of halogens is 2. The molecule has 0 atom stereocenters. The third-order valence-corrected chi connectivity index (χ3v) is 4.57. The second-order valence-electron chi connectivity index (χ2n) is 4.55. The van der Waals surface area contributed by atoms with Crippen LogP contribution in [-0.4, -0.2) is 15.3 Å². The van der Waals surface area contributed by atoms with Crippen LogP contribution in [0.4, 0.5) is 5.69 Å². The van der Waals surface area contributed by atoms with E-state index in [-0.39, 0.29) is 5.91 Å². The normalized spacial score (nSPS) is 15.7. The van der Waals surface area contributed by atoms with Gasteiger partial charge >= 0.3 is 0 Å². The van der Waals surface area contributed by atoms with Gasteiger partial charge in [0.1, 0.15) is 0 Å². The minimum Gasteiger partial charge on any atom is -0.321 e. The lowest BCUT2D eigenvalue weighted by molar-refractivity contribution is -0.110. The number of nitrogens with zero attached hydrogens (tertiary/aromatic N) is 2. The molecule has 1 amide bonds. The number of carbonyl (C=O) groups excluding carboxylic acids is 1. The summed E-state index contributed by atoms with van der Waals surface area (Å²) in [5.41, 5.74) is 2.74. The highest BCUT2D eigenvalue weighted by Gasteiger charge is 2.25. The van der Waals surface area contributed by atoms with Gasteiger partial charge in [-0.2, -0.15) is 0 Å². The topological polar surface area (TPSA) is 46.4 Å². The number of carbonyl (C=O) groups is 1. The number of hydrogen-bond donors (Lipinski definition) is 1. The van der Waals surface area contributed by atoms with E-state index in [0.717, 1.165) is 16.2 Å². The third-order valence-electron chi connectivity index (χ3n) is 3.30. The van der Waals surface area contributed by atoms with Crippen molar-refractivity contribution in [3.63, 3.8) is 0 Å². The zero-order valence-electron chi connectivity index (χ0n) is 10.4. The van der Waals surface area contributed by atoms with Crippen LogP contribution < -0.4 is 5.32 Å². The maximum Gasteiger partial charge on any atom is 0.256 e. The van der Waals surface area contributed by atoms with Crippen LogP contribution in [0.2, 0.25) is 10.2 Å². The maximum absolute atomic E-state index is 12.2. The van der Waals surface area contributed by atoms with E-state index in [1.54, 1.807) is 24.3 Å². The van der Waals surface area contributed by atoms with Crippen molar-refractivity contribution < 1.29 is 4.79 Å². The minimum absolute atomic E-state index is 0.173. The predicted octanol–water partition coefficient (Wildman–Crippen LogP) is 4.20. The minimum atomic E-state index is -0.173. The van der Waals surface area contributed by atoms with Gasteiger partial charge in [0, 0.05) is 27.9 Å². The van der Waals surface area contributed by atoms with Crippen molar-refractivity contribution in [1.82, 2.24) is 9.38 Å². The van der Waals surface area contributed by atoms with Crippen molar-refractivity contribution in [2.45, 2.75) is 0 Å². The largest absolute Gasteiger partial charge is 0.321 e. The van der Waals surface area contributed by atoms with Crippen molar-refractivity contribution in [2.24, 2.45) is 0 Å². The molecule has 4 nitrogen and oxygen atoms in total. The predicted molar refractivity (Wildman–Crippen MR) is 86.0 cm³/mol. The fourth-order valence-electron chi connectivity index (χ4n) is 2.35. The van der Waals surface area contributed by atoms with Gasteiger partial charge in [-0.05, 0) is 24.3 Å². The van der Waals surface area contributed by atoms with Crippen LogP contribution in [0.25, 0.3) is 16.6 Å². The first-order chi connectivity index (χ1) is 10.1. The molecule has 3 heterocycles. The van der Waals surface area contributed by atoms with Crippen molar-refractivity contribution >= 4 is 62.7 Å². The molecule has 0 aliphatic carbocycles. The molecular formula is C14H7Cl2N3OS. The SMILES string of the molecule is O=C1Nc2ccc(Cl)cc2C1=Cc1c(Cl)nc2sccn12. The Morgan fingerprint density at radius 2 is 2.19 bits per heavy atom. The summed E-state index contributed by atoms with van der Waals surface area (Å²) in [5.74, 6) is -0.173. The molecule has 104 valence electrons. The summed E-state index contributed by atoms with van der Waals surface area (Å²) in [5, 5.41) is 5.68. The lowest BCUT2D eigenvalue weighted by atomic mass is 10.1. The number of hydrogen-bond acceptors (Lipinski definition) is 3. The Bertz CT molecular complexity index is 926. The van der Waals surface area contributed by atoms with Crippen LogP contribution in [0, 0.1) is 0 Å². The van der Waals surface area contributed by atoms with Gasteiger partial charge < -0.3 is 5.32 Å². The van der Waals surface area contributed by atoms with E-state index in [0.29, 0.717) is 21.4 Å². The Morgan fingerprint density at radius 1 is 1.33 bits per heavy atom. The number of anilines is 1. The summed E-state index contributed by atoms with van der Waals surface area (Å²) in [6.07, 6.45) is 3.61. The summed E-state index contributed by atoms with van der Waals surface area (Å²) in [4.78, 5) is 17.2. The van der Waals surface area contributed by atoms with Crippen molar-refractivity contribution in [1.29, 1.82) is 0 Å². The van der Waals surface area contributed by atoms with Crippen molar-refractivity contribution in [3.05, 3.63) is 51.2 Å². The summed E-state index contributed by atoms with van der Waals surface area (Å²) in [7, 11) is 0. The lowest BCUT2D eigenvalue weighted by Crippen LogP contribution is -2.03. The van der Waals surface area contributed by atoms with Gasteiger partial charge in [0.15, 0.2) is 10.1 Å². The first-order valence-electron chi connectivity index (χ1n) is 6.07. The molecular weight excluding hydrogens is 329 g/mol. The molecule has 0 fully saturated rings. The Labute approximate surface area is 133 Å². The van der Waals surface area contributed by atoms with Gasteiger partial charge in [0.25, 0.3) is 5.91 Å². The Hall–Kier alpha value is -1.82. The van der Waals surface area contributed by atoms with Gasteiger partial charge in [0.05, 0.1) is 11.3 Å². The summed E-state index contributed by atoms with van der Waals surface area (Å²) in [6, 6.07) is 5.29. The first-order valence-corrected chi connectivity index (χ1v) is 7.71.